The van der Waals surface area contributed by atoms with E-state index in [2.05, 4.69) is 47.8 Å². The lowest BCUT2D eigenvalue weighted by atomic mass is 9.73. The van der Waals surface area contributed by atoms with Gasteiger partial charge in [-0.15, -0.1) is 6.58 Å². The molecule has 0 aliphatic heterocycles. The molecule has 1 rings (SSSR count). The van der Waals surface area contributed by atoms with Crippen molar-refractivity contribution in [3.8, 4) is 0 Å². The Balaban J connectivity index is 0. The third kappa shape index (κ3) is 7.31. The second-order valence-corrected chi connectivity index (χ2v) is 6.73. The topological polar surface area (TPSA) is 0 Å². The molecule has 0 spiro atoms. The first-order valence-electron chi connectivity index (χ1n) is 8.49. The zero-order chi connectivity index (χ0) is 16.3. The molecule has 0 N–H and O–H groups in total. The molecule has 0 heteroatoms. The van der Waals surface area contributed by atoms with Gasteiger partial charge in [-0.25, -0.2) is 0 Å². The van der Waals surface area contributed by atoms with Crippen LogP contribution in [0.4, 0.5) is 0 Å². The van der Waals surface area contributed by atoms with Crippen molar-refractivity contribution in [2.24, 2.45) is 23.2 Å². The van der Waals surface area contributed by atoms with E-state index in [1.165, 1.54) is 31.3 Å². The minimum atomic E-state index is 0.564. The van der Waals surface area contributed by atoms with Crippen LogP contribution in [-0.4, -0.2) is 0 Å². The van der Waals surface area contributed by atoms with Crippen molar-refractivity contribution < 1.29 is 0 Å². The molecule has 0 radical (unpaired) electrons. The van der Waals surface area contributed by atoms with Gasteiger partial charge in [0, 0.05) is 0 Å². The molecule has 0 aromatic carbocycles. The summed E-state index contributed by atoms with van der Waals surface area (Å²) in [5.74, 6) is 2.55. The molecular weight excluding hydrogens is 240 g/mol. The molecule has 0 bridgehead atoms. The predicted octanol–water partition coefficient (Wildman–Crippen LogP) is 7.27. The number of allylic oxidation sites excluding steroid dienone is 2. The molecule has 0 aromatic rings. The van der Waals surface area contributed by atoms with Crippen LogP contribution in [0, 0.1) is 23.2 Å². The van der Waals surface area contributed by atoms with Crippen LogP contribution in [0.15, 0.2) is 24.8 Å². The van der Waals surface area contributed by atoms with Crippen molar-refractivity contribution in [2.45, 2.75) is 81.1 Å². The molecule has 1 fully saturated rings. The van der Waals surface area contributed by atoms with Gasteiger partial charge in [0.25, 0.3) is 0 Å². The Hall–Kier alpha value is -0.520. The van der Waals surface area contributed by atoms with Gasteiger partial charge in [0.2, 0.25) is 0 Å². The molecule has 120 valence electrons. The molecule has 1 saturated carbocycles. The van der Waals surface area contributed by atoms with Crippen molar-refractivity contribution in [2.75, 3.05) is 0 Å². The van der Waals surface area contributed by atoms with E-state index in [9.17, 15) is 0 Å². The number of hydrogen-bond donors (Lipinski definition) is 0. The highest BCUT2D eigenvalue weighted by Gasteiger charge is 2.39. The van der Waals surface area contributed by atoms with Crippen LogP contribution in [0.3, 0.4) is 0 Å². The summed E-state index contributed by atoms with van der Waals surface area (Å²) >= 11 is 0. The van der Waals surface area contributed by atoms with Crippen molar-refractivity contribution in [1.82, 2.24) is 0 Å². The van der Waals surface area contributed by atoms with Gasteiger partial charge in [0.15, 0.2) is 0 Å². The molecule has 1 aliphatic carbocycles. The van der Waals surface area contributed by atoms with Gasteiger partial charge in [-0.3, -0.25) is 0 Å². The molecule has 0 saturated heterocycles. The van der Waals surface area contributed by atoms with Crippen LogP contribution in [0.5, 0.6) is 0 Å². The Bertz CT molecular complexity index is 259. The highest BCUT2D eigenvalue weighted by molar-refractivity contribution is 4.95. The van der Waals surface area contributed by atoms with Crippen LogP contribution < -0.4 is 0 Å². The van der Waals surface area contributed by atoms with E-state index in [0.29, 0.717) is 11.3 Å². The van der Waals surface area contributed by atoms with E-state index in [-0.39, 0.29) is 0 Å². The van der Waals surface area contributed by atoms with Crippen molar-refractivity contribution in [1.29, 1.82) is 0 Å². The van der Waals surface area contributed by atoms with Gasteiger partial charge < -0.3 is 0 Å². The first kappa shape index (κ1) is 21.8. The molecule has 1 aliphatic rings. The fourth-order valence-electron chi connectivity index (χ4n) is 2.81. The lowest BCUT2D eigenvalue weighted by Gasteiger charge is -2.32. The summed E-state index contributed by atoms with van der Waals surface area (Å²) in [6, 6.07) is 0. The normalized spacial score (nSPS) is 24.6. The SMILES string of the molecule is C=C(C)C(C)CCC1CCC(C)C1(C)C.C=CC.CC. The molecule has 0 amide bonds. The first-order valence-corrected chi connectivity index (χ1v) is 8.49. The Morgan fingerprint density at radius 3 is 2.05 bits per heavy atom. The van der Waals surface area contributed by atoms with E-state index >= 15 is 0 Å². The summed E-state index contributed by atoms with van der Waals surface area (Å²) in [6.45, 7) is 25.1. The lowest BCUT2D eigenvalue weighted by molar-refractivity contribution is 0.182. The minimum absolute atomic E-state index is 0.564. The Labute approximate surface area is 129 Å². The maximum atomic E-state index is 4.05. The standard InChI is InChI=1S/C15H28.C3H6.C2H6/c1-11(2)12(3)7-9-14-10-8-13(4)15(14,5)6;1-3-2;1-2/h12-14H,1,7-10H2,2-6H3;3H,1H2,2H3;1-2H3. The fourth-order valence-corrected chi connectivity index (χ4v) is 2.81. The van der Waals surface area contributed by atoms with Gasteiger partial charge in [-0.1, -0.05) is 59.8 Å². The van der Waals surface area contributed by atoms with Gasteiger partial charge >= 0.3 is 0 Å². The molecular formula is C20H40. The van der Waals surface area contributed by atoms with Crippen molar-refractivity contribution in [3.05, 3.63) is 24.8 Å². The maximum absolute atomic E-state index is 4.05. The summed E-state index contributed by atoms with van der Waals surface area (Å²) in [6.07, 6.45) is 7.34. The summed E-state index contributed by atoms with van der Waals surface area (Å²) in [5.41, 5.74) is 1.91. The lowest BCUT2D eigenvalue weighted by Crippen LogP contribution is -2.23. The summed E-state index contributed by atoms with van der Waals surface area (Å²) < 4.78 is 0. The van der Waals surface area contributed by atoms with Gasteiger partial charge in [0.1, 0.15) is 0 Å². The molecule has 3 unspecified atom stereocenters. The maximum Gasteiger partial charge on any atom is -0.0237 e. The second kappa shape index (κ2) is 11.2. The van der Waals surface area contributed by atoms with E-state index in [1.54, 1.807) is 6.08 Å². The Morgan fingerprint density at radius 1 is 1.30 bits per heavy atom. The third-order valence-electron chi connectivity index (χ3n) is 5.06. The van der Waals surface area contributed by atoms with Crippen LogP contribution in [0.1, 0.15) is 81.1 Å². The third-order valence-corrected chi connectivity index (χ3v) is 5.06. The average molecular weight is 281 g/mol. The van der Waals surface area contributed by atoms with Crippen molar-refractivity contribution >= 4 is 0 Å². The predicted molar refractivity (Wildman–Crippen MR) is 96.1 cm³/mol. The molecule has 0 heterocycles. The number of rotatable bonds is 4. The van der Waals surface area contributed by atoms with Crippen LogP contribution in [0.2, 0.25) is 0 Å². The zero-order valence-electron chi connectivity index (χ0n) is 15.6. The van der Waals surface area contributed by atoms with Crippen LogP contribution >= 0.6 is 0 Å². The van der Waals surface area contributed by atoms with E-state index in [4.69, 9.17) is 0 Å². The monoisotopic (exact) mass is 280 g/mol. The molecule has 20 heavy (non-hydrogen) atoms. The second-order valence-electron chi connectivity index (χ2n) is 6.73. The summed E-state index contributed by atoms with van der Waals surface area (Å²) in [5, 5.41) is 0. The van der Waals surface area contributed by atoms with Crippen LogP contribution in [-0.2, 0) is 0 Å². The highest BCUT2D eigenvalue weighted by atomic mass is 14.4. The minimum Gasteiger partial charge on any atom is -0.103 e. The van der Waals surface area contributed by atoms with E-state index in [0.717, 1.165) is 11.8 Å². The van der Waals surface area contributed by atoms with Gasteiger partial charge in [-0.2, -0.15) is 0 Å². The molecule has 3 atom stereocenters. The Kier molecular flexibility index (Phi) is 12.2. The van der Waals surface area contributed by atoms with Crippen LogP contribution in [0.25, 0.3) is 0 Å². The van der Waals surface area contributed by atoms with Gasteiger partial charge in [-0.05, 0) is 62.7 Å². The largest absolute Gasteiger partial charge is 0.103 e. The quantitative estimate of drug-likeness (QED) is 0.475. The number of hydrogen-bond acceptors (Lipinski definition) is 0. The molecule has 0 nitrogen and oxygen atoms in total. The van der Waals surface area contributed by atoms with Crippen molar-refractivity contribution in [3.63, 3.8) is 0 Å². The molecule has 0 aromatic heterocycles. The smallest absolute Gasteiger partial charge is 0.0237 e. The summed E-state index contributed by atoms with van der Waals surface area (Å²) in [4.78, 5) is 0. The van der Waals surface area contributed by atoms with E-state index in [1.807, 2.05) is 20.8 Å². The Morgan fingerprint density at radius 2 is 1.75 bits per heavy atom. The van der Waals surface area contributed by atoms with Gasteiger partial charge in [0.05, 0.1) is 0 Å². The summed E-state index contributed by atoms with van der Waals surface area (Å²) in [7, 11) is 0. The fraction of sp³-hybridized carbons (Fsp3) is 0.800. The average Bonchev–Trinajstić information content (AvgIpc) is 2.65. The van der Waals surface area contributed by atoms with E-state index < -0.39 is 0 Å². The highest BCUT2D eigenvalue weighted by Crippen LogP contribution is 2.49. The zero-order valence-corrected chi connectivity index (χ0v) is 15.6. The first-order chi connectivity index (χ1) is 9.27.